The molecular weight excluding hydrogens is 377 g/mol. The number of carbonyl (C=O) groups is 2. The summed E-state index contributed by atoms with van der Waals surface area (Å²) in [5.41, 5.74) is 0.329. The van der Waals surface area contributed by atoms with Gasteiger partial charge in [-0.3, -0.25) is 19.7 Å². The molecule has 1 unspecified atom stereocenters. The van der Waals surface area contributed by atoms with Gasteiger partial charge < -0.3 is 10.2 Å². The van der Waals surface area contributed by atoms with Crippen molar-refractivity contribution in [3.8, 4) is 0 Å². The Morgan fingerprint density at radius 2 is 1.76 bits per heavy atom. The van der Waals surface area contributed by atoms with Crippen LogP contribution in [0.15, 0.2) is 48.5 Å². The van der Waals surface area contributed by atoms with Gasteiger partial charge in [-0.2, -0.15) is 0 Å². The summed E-state index contributed by atoms with van der Waals surface area (Å²) in [6, 6.07) is 11.1. The van der Waals surface area contributed by atoms with E-state index in [1.165, 1.54) is 41.3 Å². The molecule has 154 valence electrons. The Bertz CT molecular complexity index is 888. The SMILES string of the molecule is CCCNC(=O)C(C)N(Cc1ccccc1F)C(=O)Cc1ccccc1[N+](=O)[O-]. The molecule has 2 aromatic carbocycles. The molecule has 0 bridgehead atoms. The van der Waals surface area contributed by atoms with Crippen molar-refractivity contribution < 1.29 is 18.9 Å². The lowest BCUT2D eigenvalue weighted by Gasteiger charge is -2.29. The van der Waals surface area contributed by atoms with E-state index < -0.39 is 22.7 Å². The van der Waals surface area contributed by atoms with Gasteiger partial charge in [-0.25, -0.2) is 4.39 Å². The normalized spacial score (nSPS) is 11.6. The second-order valence-corrected chi connectivity index (χ2v) is 6.64. The average Bonchev–Trinajstić information content (AvgIpc) is 2.71. The molecule has 0 aromatic heterocycles. The summed E-state index contributed by atoms with van der Waals surface area (Å²) in [6.07, 6.45) is 0.465. The van der Waals surface area contributed by atoms with E-state index in [9.17, 15) is 24.1 Å². The van der Waals surface area contributed by atoms with Crippen LogP contribution in [-0.4, -0.2) is 34.2 Å². The summed E-state index contributed by atoms with van der Waals surface area (Å²) >= 11 is 0. The molecule has 0 aliphatic carbocycles. The van der Waals surface area contributed by atoms with Crippen molar-refractivity contribution in [1.82, 2.24) is 10.2 Å². The highest BCUT2D eigenvalue weighted by molar-refractivity contribution is 5.88. The maximum atomic E-state index is 14.1. The fourth-order valence-electron chi connectivity index (χ4n) is 2.89. The standard InChI is InChI=1S/C21H24FN3O4/c1-3-12-23-21(27)15(2)24(14-17-9-4-6-10-18(17)22)20(26)13-16-8-5-7-11-19(16)25(28)29/h4-11,15H,3,12-14H2,1-2H3,(H,23,27). The van der Waals surface area contributed by atoms with E-state index >= 15 is 0 Å². The Balaban J connectivity index is 2.31. The highest BCUT2D eigenvalue weighted by Gasteiger charge is 2.28. The van der Waals surface area contributed by atoms with Crippen LogP contribution in [0.25, 0.3) is 0 Å². The zero-order chi connectivity index (χ0) is 21.4. The number of hydrogen-bond acceptors (Lipinski definition) is 4. The van der Waals surface area contributed by atoms with Crippen molar-refractivity contribution in [2.75, 3.05) is 6.54 Å². The van der Waals surface area contributed by atoms with Gasteiger partial charge in [-0.1, -0.05) is 43.3 Å². The smallest absolute Gasteiger partial charge is 0.273 e. The number of amides is 2. The molecule has 0 saturated heterocycles. The van der Waals surface area contributed by atoms with Gasteiger partial charge >= 0.3 is 0 Å². The lowest BCUT2D eigenvalue weighted by Crippen LogP contribution is -2.48. The number of nitro benzene ring substituents is 1. The van der Waals surface area contributed by atoms with Crippen LogP contribution in [0.1, 0.15) is 31.4 Å². The predicted molar refractivity (Wildman–Crippen MR) is 107 cm³/mol. The summed E-state index contributed by atoms with van der Waals surface area (Å²) in [5.74, 6) is -1.35. The van der Waals surface area contributed by atoms with Crippen LogP contribution in [0.5, 0.6) is 0 Å². The lowest BCUT2D eigenvalue weighted by molar-refractivity contribution is -0.385. The first kappa shape index (κ1) is 22.0. The summed E-state index contributed by atoms with van der Waals surface area (Å²) in [7, 11) is 0. The molecule has 0 saturated carbocycles. The molecule has 2 aromatic rings. The van der Waals surface area contributed by atoms with E-state index in [0.29, 0.717) is 6.54 Å². The number of hydrogen-bond donors (Lipinski definition) is 1. The van der Waals surface area contributed by atoms with Crippen molar-refractivity contribution in [3.05, 3.63) is 75.6 Å². The van der Waals surface area contributed by atoms with Crippen LogP contribution < -0.4 is 5.32 Å². The Hall–Kier alpha value is -3.29. The van der Waals surface area contributed by atoms with Crippen LogP contribution in [-0.2, 0) is 22.6 Å². The Labute approximate surface area is 168 Å². The third-order valence-electron chi connectivity index (χ3n) is 4.55. The van der Waals surface area contributed by atoms with Crippen LogP contribution in [0.2, 0.25) is 0 Å². The number of carbonyl (C=O) groups excluding carboxylic acids is 2. The molecule has 0 aliphatic heterocycles. The summed E-state index contributed by atoms with van der Waals surface area (Å²) in [4.78, 5) is 37.4. The maximum Gasteiger partial charge on any atom is 0.273 e. The van der Waals surface area contributed by atoms with Gasteiger partial charge in [0.1, 0.15) is 11.9 Å². The summed E-state index contributed by atoms with van der Waals surface area (Å²) in [5, 5.41) is 14.0. The molecule has 1 atom stereocenters. The van der Waals surface area contributed by atoms with E-state index in [0.717, 1.165) is 6.42 Å². The monoisotopic (exact) mass is 401 g/mol. The number of nitro groups is 1. The van der Waals surface area contributed by atoms with E-state index in [1.807, 2.05) is 6.92 Å². The molecule has 0 heterocycles. The Kier molecular flexibility index (Phi) is 7.82. The number of halogens is 1. The number of nitrogens with zero attached hydrogens (tertiary/aromatic N) is 2. The molecule has 0 aliphatic rings. The van der Waals surface area contributed by atoms with Crippen LogP contribution in [0.3, 0.4) is 0 Å². The second kappa shape index (κ2) is 10.3. The molecule has 8 heteroatoms. The van der Waals surface area contributed by atoms with Gasteiger partial charge in [0, 0.05) is 30.3 Å². The van der Waals surface area contributed by atoms with Crippen molar-refractivity contribution in [2.24, 2.45) is 0 Å². The molecule has 0 radical (unpaired) electrons. The highest BCUT2D eigenvalue weighted by atomic mass is 19.1. The minimum Gasteiger partial charge on any atom is -0.354 e. The molecular formula is C21H24FN3O4. The zero-order valence-corrected chi connectivity index (χ0v) is 16.4. The third-order valence-corrected chi connectivity index (χ3v) is 4.55. The van der Waals surface area contributed by atoms with Crippen LogP contribution in [0, 0.1) is 15.9 Å². The molecule has 7 nitrogen and oxygen atoms in total. The fourth-order valence-corrected chi connectivity index (χ4v) is 2.89. The van der Waals surface area contributed by atoms with Crippen molar-refractivity contribution in [2.45, 2.75) is 39.3 Å². The van der Waals surface area contributed by atoms with Gasteiger partial charge in [0.15, 0.2) is 0 Å². The Morgan fingerprint density at radius 3 is 2.38 bits per heavy atom. The predicted octanol–water partition coefficient (Wildman–Crippen LogP) is 3.22. The summed E-state index contributed by atoms with van der Waals surface area (Å²) < 4.78 is 14.1. The van der Waals surface area contributed by atoms with Gasteiger partial charge in [-0.15, -0.1) is 0 Å². The quantitative estimate of drug-likeness (QED) is 0.516. The largest absolute Gasteiger partial charge is 0.354 e. The van der Waals surface area contributed by atoms with Gasteiger partial charge in [0.2, 0.25) is 11.8 Å². The van der Waals surface area contributed by atoms with Crippen LogP contribution in [0.4, 0.5) is 10.1 Å². The van der Waals surface area contributed by atoms with Gasteiger partial charge in [0.25, 0.3) is 5.69 Å². The van der Waals surface area contributed by atoms with E-state index in [2.05, 4.69) is 5.32 Å². The van der Waals surface area contributed by atoms with Gasteiger partial charge in [-0.05, 0) is 19.4 Å². The number of benzene rings is 2. The highest BCUT2D eigenvalue weighted by Crippen LogP contribution is 2.21. The van der Waals surface area contributed by atoms with Crippen LogP contribution >= 0.6 is 0 Å². The first-order valence-electron chi connectivity index (χ1n) is 9.38. The van der Waals surface area contributed by atoms with E-state index in [1.54, 1.807) is 19.1 Å². The van der Waals surface area contributed by atoms with E-state index in [-0.39, 0.29) is 35.7 Å². The van der Waals surface area contributed by atoms with Crippen molar-refractivity contribution in [1.29, 1.82) is 0 Å². The second-order valence-electron chi connectivity index (χ2n) is 6.64. The molecule has 1 N–H and O–H groups in total. The molecule has 2 amide bonds. The first-order chi connectivity index (χ1) is 13.8. The molecule has 0 spiro atoms. The van der Waals surface area contributed by atoms with Crippen molar-refractivity contribution in [3.63, 3.8) is 0 Å². The molecule has 29 heavy (non-hydrogen) atoms. The van der Waals surface area contributed by atoms with E-state index in [4.69, 9.17) is 0 Å². The maximum absolute atomic E-state index is 14.1. The summed E-state index contributed by atoms with van der Waals surface area (Å²) in [6.45, 7) is 3.80. The minimum atomic E-state index is -0.864. The van der Waals surface area contributed by atoms with Gasteiger partial charge in [0.05, 0.1) is 11.3 Å². The average molecular weight is 401 g/mol. The number of rotatable bonds is 9. The minimum absolute atomic E-state index is 0.118. The lowest BCUT2D eigenvalue weighted by atomic mass is 10.1. The third kappa shape index (κ3) is 5.84. The zero-order valence-electron chi connectivity index (χ0n) is 16.4. The molecule has 2 rings (SSSR count). The van der Waals surface area contributed by atoms with Crippen molar-refractivity contribution >= 4 is 17.5 Å². The number of nitrogens with one attached hydrogen (secondary N) is 1. The number of para-hydroxylation sites is 1. The first-order valence-corrected chi connectivity index (χ1v) is 9.38. The topological polar surface area (TPSA) is 92.6 Å². The molecule has 0 fully saturated rings. The fraction of sp³-hybridized carbons (Fsp3) is 0.333. The Morgan fingerprint density at radius 1 is 1.14 bits per heavy atom.